The van der Waals surface area contributed by atoms with Gasteiger partial charge < -0.3 is 9.47 Å². The highest BCUT2D eigenvalue weighted by atomic mass is 16.7. The number of nitrogens with one attached hydrogen (secondary N) is 1. The number of nitriles is 3. The van der Waals surface area contributed by atoms with Crippen LogP contribution in [-0.4, -0.2) is 11.7 Å². The van der Waals surface area contributed by atoms with Crippen LogP contribution in [0.3, 0.4) is 0 Å². The Morgan fingerprint density at radius 1 is 1.00 bits per heavy atom. The lowest BCUT2D eigenvalue weighted by Crippen LogP contribution is -2.59. The van der Waals surface area contributed by atoms with E-state index in [1.54, 1.807) is 12.1 Å². The standard InChI is InChI=1S/C20H18N4O2/c21-11-18(12-22)16(14-7-3-1-4-8-14)25-20-10-6-2-5-9-15(20)19(18,13-23)17(24)26-20/h1,3-4,7-8,15-16,24H,2,5-6,9-10H2/t15-,16-,19+,20+/m1/s1. The van der Waals surface area contributed by atoms with Crippen LogP contribution in [-0.2, 0) is 9.47 Å². The van der Waals surface area contributed by atoms with Crippen LogP contribution in [0.15, 0.2) is 30.3 Å². The van der Waals surface area contributed by atoms with Crippen LogP contribution in [0.25, 0.3) is 0 Å². The van der Waals surface area contributed by atoms with Crippen LogP contribution in [0.2, 0.25) is 0 Å². The quantitative estimate of drug-likeness (QED) is 0.834. The van der Waals surface area contributed by atoms with Gasteiger partial charge in [0, 0.05) is 6.42 Å². The Morgan fingerprint density at radius 2 is 1.73 bits per heavy atom. The van der Waals surface area contributed by atoms with E-state index in [0.717, 1.165) is 19.3 Å². The van der Waals surface area contributed by atoms with Crippen LogP contribution >= 0.6 is 0 Å². The summed E-state index contributed by atoms with van der Waals surface area (Å²) < 4.78 is 12.3. The highest BCUT2D eigenvalue weighted by Gasteiger charge is 2.80. The zero-order valence-corrected chi connectivity index (χ0v) is 14.2. The molecule has 1 saturated carbocycles. The minimum absolute atomic E-state index is 0.298. The summed E-state index contributed by atoms with van der Waals surface area (Å²) in [6, 6.07) is 15.4. The van der Waals surface area contributed by atoms with Crippen molar-refractivity contribution in [2.45, 2.75) is 44.0 Å². The molecule has 1 aromatic carbocycles. The van der Waals surface area contributed by atoms with E-state index in [9.17, 15) is 15.8 Å². The van der Waals surface area contributed by atoms with Crippen molar-refractivity contribution in [2.75, 3.05) is 0 Å². The third kappa shape index (κ3) is 1.74. The molecule has 0 aromatic heterocycles. The molecule has 3 aliphatic rings. The normalized spacial score (nSPS) is 37.2. The van der Waals surface area contributed by atoms with Crippen LogP contribution in [0.1, 0.15) is 43.8 Å². The molecule has 0 amide bonds. The summed E-state index contributed by atoms with van der Waals surface area (Å²) in [6.45, 7) is 0. The van der Waals surface area contributed by atoms with Gasteiger partial charge in [0.05, 0.1) is 24.1 Å². The third-order valence-corrected chi connectivity index (χ3v) is 6.17. The lowest BCUT2D eigenvalue weighted by atomic mass is 9.52. The SMILES string of the molecule is N#CC1(C#N)[C@@H](c2ccccc2)O[C@]23CCCCC[C@@H]2[C@@]1(C#N)C(=N)O3. The average Bonchev–Trinajstić information content (AvgIpc) is 2.81. The molecule has 3 fully saturated rings. The van der Waals surface area contributed by atoms with Crippen molar-refractivity contribution >= 4 is 5.90 Å². The second-order valence-electron chi connectivity index (χ2n) is 7.25. The summed E-state index contributed by atoms with van der Waals surface area (Å²) in [4.78, 5) is 0. The van der Waals surface area contributed by atoms with Crippen molar-refractivity contribution in [1.82, 2.24) is 0 Å². The Balaban J connectivity index is 2.01. The van der Waals surface area contributed by atoms with Gasteiger partial charge in [-0.2, -0.15) is 15.8 Å². The fraction of sp³-hybridized carbons (Fsp3) is 0.500. The molecule has 2 bridgehead atoms. The van der Waals surface area contributed by atoms with Gasteiger partial charge in [0.15, 0.2) is 5.41 Å². The monoisotopic (exact) mass is 346 g/mol. The van der Waals surface area contributed by atoms with Gasteiger partial charge in [0.2, 0.25) is 17.1 Å². The first kappa shape index (κ1) is 16.6. The molecule has 6 heteroatoms. The molecule has 2 aliphatic heterocycles. The zero-order valence-electron chi connectivity index (χ0n) is 14.2. The van der Waals surface area contributed by atoms with Crippen molar-refractivity contribution in [2.24, 2.45) is 16.7 Å². The van der Waals surface area contributed by atoms with E-state index < -0.39 is 28.6 Å². The summed E-state index contributed by atoms with van der Waals surface area (Å²) in [6.07, 6.45) is 2.90. The van der Waals surface area contributed by atoms with Crippen LogP contribution in [0.5, 0.6) is 0 Å². The van der Waals surface area contributed by atoms with Gasteiger partial charge in [-0.05, 0) is 18.4 Å². The highest BCUT2D eigenvalue weighted by molar-refractivity contribution is 5.89. The molecule has 1 aromatic rings. The molecule has 1 aliphatic carbocycles. The molecule has 130 valence electrons. The van der Waals surface area contributed by atoms with E-state index in [4.69, 9.17) is 14.9 Å². The van der Waals surface area contributed by atoms with E-state index in [1.165, 1.54) is 0 Å². The van der Waals surface area contributed by atoms with Crippen molar-refractivity contribution in [3.8, 4) is 18.2 Å². The van der Waals surface area contributed by atoms with Gasteiger partial charge >= 0.3 is 0 Å². The maximum absolute atomic E-state index is 10.2. The van der Waals surface area contributed by atoms with Crippen LogP contribution in [0.4, 0.5) is 0 Å². The summed E-state index contributed by atoms with van der Waals surface area (Å²) in [5.41, 5.74) is -2.81. The lowest BCUT2D eigenvalue weighted by molar-refractivity contribution is -0.284. The Bertz CT molecular complexity index is 864. The van der Waals surface area contributed by atoms with Crippen molar-refractivity contribution in [1.29, 1.82) is 21.2 Å². The van der Waals surface area contributed by atoms with Gasteiger partial charge in [-0.3, -0.25) is 5.41 Å². The van der Waals surface area contributed by atoms with Gasteiger partial charge in [0.1, 0.15) is 6.10 Å². The predicted octanol–water partition coefficient (Wildman–Crippen LogP) is 3.59. The topological polar surface area (TPSA) is 114 Å². The number of nitrogens with zero attached hydrogens (tertiary/aromatic N) is 3. The van der Waals surface area contributed by atoms with Gasteiger partial charge in [-0.15, -0.1) is 0 Å². The van der Waals surface area contributed by atoms with E-state index in [1.807, 2.05) is 18.2 Å². The Hall–Kier alpha value is -2.88. The smallest absolute Gasteiger partial charge is 0.217 e. The van der Waals surface area contributed by atoms with E-state index in [0.29, 0.717) is 18.4 Å². The molecule has 26 heavy (non-hydrogen) atoms. The number of rotatable bonds is 1. The van der Waals surface area contributed by atoms with Gasteiger partial charge in [-0.1, -0.05) is 43.2 Å². The second-order valence-corrected chi connectivity index (χ2v) is 7.25. The first-order valence-corrected chi connectivity index (χ1v) is 8.85. The number of ether oxygens (including phenoxy) is 2. The molecule has 0 spiro atoms. The summed E-state index contributed by atoms with van der Waals surface area (Å²) in [5, 5.41) is 38.9. The molecule has 2 heterocycles. The Labute approximate surface area is 152 Å². The number of benzene rings is 1. The molecular formula is C20H18N4O2. The fourth-order valence-electron chi connectivity index (χ4n) is 4.97. The molecule has 0 radical (unpaired) electrons. The van der Waals surface area contributed by atoms with Crippen molar-refractivity contribution in [3.63, 3.8) is 0 Å². The second kappa shape index (κ2) is 5.56. The molecule has 1 N–H and O–H groups in total. The van der Waals surface area contributed by atoms with Crippen LogP contribution in [0, 0.1) is 56.2 Å². The Morgan fingerprint density at radius 3 is 2.38 bits per heavy atom. The first-order valence-electron chi connectivity index (χ1n) is 8.85. The minimum atomic E-state index is -1.84. The van der Waals surface area contributed by atoms with Crippen molar-refractivity contribution in [3.05, 3.63) is 35.9 Å². The summed E-state index contributed by atoms with van der Waals surface area (Å²) >= 11 is 0. The van der Waals surface area contributed by atoms with Gasteiger partial charge in [-0.25, -0.2) is 0 Å². The number of hydrogen-bond donors (Lipinski definition) is 1. The minimum Gasteiger partial charge on any atom is -0.447 e. The Kier molecular flexibility index (Phi) is 3.55. The fourth-order valence-corrected chi connectivity index (χ4v) is 4.97. The van der Waals surface area contributed by atoms with Crippen LogP contribution < -0.4 is 0 Å². The third-order valence-electron chi connectivity index (χ3n) is 6.17. The molecule has 4 rings (SSSR count). The molecular weight excluding hydrogens is 328 g/mol. The molecule has 4 atom stereocenters. The maximum atomic E-state index is 10.2. The maximum Gasteiger partial charge on any atom is 0.217 e. The predicted molar refractivity (Wildman–Crippen MR) is 90.1 cm³/mol. The molecule has 6 nitrogen and oxygen atoms in total. The van der Waals surface area contributed by atoms with E-state index in [2.05, 4.69) is 18.2 Å². The zero-order chi connectivity index (χ0) is 18.4. The van der Waals surface area contributed by atoms with E-state index in [-0.39, 0.29) is 5.90 Å². The highest BCUT2D eigenvalue weighted by Crippen LogP contribution is 2.68. The lowest BCUT2D eigenvalue weighted by Gasteiger charge is -2.49. The summed E-state index contributed by atoms with van der Waals surface area (Å²) in [7, 11) is 0. The van der Waals surface area contributed by atoms with Crippen molar-refractivity contribution < 1.29 is 9.47 Å². The van der Waals surface area contributed by atoms with Gasteiger partial charge in [0.25, 0.3) is 0 Å². The molecule has 0 unspecified atom stereocenters. The van der Waals surface area contributed by atoms with E-state index >= 15 is 0 Å². The first-order chi connectivity index (χ1) is 12.6. The largest absolute Gasteiger partial charge is 0.447 e. The average molecular weight is 346 g/mol. The molecule has 2 saturated heterocycles. The summed E-state index contributed by atoms with van der Waals surface area (Å²) in [5.74, 6) is -1.90. The number of hydrogen-bond acceptors (Lipinski definition) is 6.